The van der Waals surface area contributed by atoms with E-state index in [1.54, 1.807) is 0 Å². The number of nitrogens with zero attached hydrogens (tertiary/aromatic N) is 1. The highest BCUT2D eigenvalue weighted by atomic mass is 15.2. The molecule has 0 amide bonds. The van der Waals surface area contributed by atoms with Crippen molar-refractivity contribution in [1.82, 2.24) is 10.2 Å². The van der Waals surface area contributed by atoms with Crippen LogP contribution in [-0.2, 0) is 0 Å². The lowest BCUT2D eigenvalue weighted by Crippen LogP contribution is -2.58. The summed E-state index contributed by atoms with van der Waals surface area (Å²) in [5, 5.41) is 3.71. The number of hydrogen-bond donors (Lipinski definition) is 1. The minimum Gasteiger partial charge on any atom is -0.311 e. The molecule has 2 nitrogen and oxygen atoms in total. The van der Waals surface area contributed by atoms with Crippen molar-refractivity contribution >= 4 is 0 Å². The average molecular weight is 254 g/mol. The maximum absolute atomic E-state index is 3.71. The fourth-order valence-electron chi connectivity index (χ4n) is 3.15. The summed E-state index contributed by atoms with van der Waals surface area (Å²) < 4.78 is 0. The molecule has 0 radical (unpaired) electrons. The third-order valence-corrected chi connectivity index (χ3v) is 4.25. The van der Waals surface area contributed by atoms with Gasteiger partial charge in [0.2, 0.25) is 0 Å². The molecule has 0 aliphatic carbocycles. The van der Waals surface area contributed by atoms with Crippen molar-refractivity contribution < 1.29 is 0 Å². The van der Waals surface area contributed by atoms with Crippen molar-refractivity contribution in [3.05, 3.63) is 0 Å². The minimum absolute atomic E-state index is 0.699. The summed E-state index contributed by atoms with van der Waals surface area (Å²) in [6.07, 6.45) is 6.79. The van der Waals surface area contributed by atoms with Crippen molar-refractivity contribution in [3.8, 4) is 0 Å². The first-order valence-corrected chi connectivity index (χ1v) is 8.03. The van der Waals surface area contributed by atoms with Gasteiger partial charge >= 0.3 is 0 Å². The lowest BCUT2D eigenvalue weighted by atomic mass is 9.98. The molecule has 2 heteroatoms. The molecule has 3 atom stereocenters. The van der Waals surface area contributed by atoms with Crippen LogP contribution in [0.4, 0.5) is 0 Å². The van der Waals surface area contributed by atoms with Crippen molar-refractivity contribution in [1.29, 1.82) is 0 Å². The predicted octanol–water partition coefficient (Wildman–Crippen LogP) is 3.66. The van der Waals surface area contributed by atoms with E-state index in [9.17, 15) is 0 Å². The number of unbranched alkanes of at least 4 members (excludes halogenated alkanes) is 2. The largest absolute Gasteiger partial charge is 0.311 e. The fourth-order valence-corrected chi connectivity index (χ4v) is 3.15. The Bertz CT molecular complexity index is 215. The van der Waals surface area contributed by atoms with Crippen molar-refractivity contribution in [3.63, 3.8) is 0 Å². The Hall–Kier alpha value is -0.0800. The summed E-state index contributed by atoms with van der Waals surface area (Å²) in [6, 6.07) is 2.16. The zero-order valence-electron chi connectivity index (χ0n) is 13.2. The smallest absolute Gasteiger partial charge is 0.0198 e. The molecule has 0 aromatic heterocycles. The summed E-state index contributed by atoms with van der Waals surface area (Å²) in [6.45, 7) is 14.1. The fraction of sp³-hybridized carbons (Fsp3) is 1.00. The number of hydrogen-bond acceptors (Lipinski definition) is 2. The highest BCUT2D eigenvalue weighted by molar-refractivity contribution is 4.87. The second kappa shape index (κ2) is 8.16. The van der Waals surface area contributed by atoms with E-state index in [-0.39, 0.29) is 0 Å². The maximum atomic E-state index is 3.71. The monoisotopic (exact) mass is 254 g/mol. The Labute approximate surface area is 115 Å². The van der Waals surface area contributed by atoms with Gasteiger partial charge in [-0.2, -0.15) is 0 Å². The summed E-state index contributed by atoms with van der Waals surface area (Å²) in [4.78, 5) is 2.74. The maximum Gasteiger partial charge on any atom is 0.0198 e. The second-order valence-electron chi connectivity index (χ2n) is 6.63. The third kappa shape index (κ3) is 5.27. The van der Waals surface area contributed by atoms with Crippen LogP contribution in [0.5, 0.6) is 0 Å². The molecule has 1 aliphatic rings. The van der Waals surface area contributed by atoms with E-state index in [0.717, 1.165) is 18.5 Å². The lowest BCUT2D eigenvalue weighted by Gasteiger charge is -2.43. The van der Waals surface area contributed by atoms with Crippen molar-refractivity contribution in [2.45, 2.75) is 84.8 Å². The SMILES string of the molecule is CCCCCC(C)N1CC(CC(C)C)NCC1C. The van der Waals surface area contributed by atoms with Gasteiger partial charge in [0.25, 0.3) is 0 Å². The van der Waals surface area contributed by atoms with E-state index in [1.807, 2.05) is 0 Å². The standard InChI is InChI=1S/C16H34N2/c1-6-7-8-9-14(4)18-12-16(10-13(2)3)17-11-15(18)5/h13-17H,6-12H2,1-5H3. The van der Waals surface area contributed by atoms with Gasteiger partial charge in [0.1, 0.15) is 0 Å². The molecule has 0 aromatic carbocycles. The normalized spacial score (nSPS) is 27.7. The summed E-state index contributed by atoms with van der Waals surface area (Å²) in [5.41, 5.74) is 0. The van der Waals surface area contributed by atoms with E-state index in [4.69, 9.17) is 0 Å². The van der Waals surface area contributed by atoms with Crippen LogP contribution >= 0.6 is 0 Å². The number of nitrogens with one attached hydrogen (secondary N) is 1. The first-order chi connectivity index (χ1) is 8.54. The molecule has 0 bridgehead atoms. The van der Waals surface area contributed by atoms with Crippen LogP contribution in [0.2, 0.25) is 0 Å². The van der Waals surface area contributed by atoms with Crippen molar-refractivity contribution in [2.75, 3.05) is 13.1 Å². The van der Waals surface area contributed by atoms with E-state index in [1.165, 1.54) is 38.6 Å². The highest BCUT2D eigenvalue weighted by Crippen LogP contribution is 2.18. The minimum atomic E-state index is 0.699. The van der Waals surface area contributed by atoms with E-state index >= 15 is 0 Å². The molecule has 0 aromatic rings. The van der Waals surface area contributed by atoms with Crippen LogP contribution in [0.15, 0.2) is 0 Å². The Morgan fingerprint density at radius 2 is 1.94 bits per heavy atom. The molecule has 1 N–H and O–H groups in total. The molecule has 1 heterocycles. The molecular weight excluding hydrogens is 220 g/mol. The zero-order chi connectivity index (χ0) is 13.5. The Kier molecular flexibility index (Phi) is 7.25. The number of rotatable bonds is 7. The molecule has 1 aliphatic heterocycles. The first kappa shape index (κ1) is 16.0. The van der Waals surface area contributed by atoms with Gasteiger partial charge in [-0.1, -0.05) is 40.0 Å². The third-order valence-electron chi connectivity index (χ3n) is 4.25. The molecule has 3 unspecified atom stereocenters. The van der Waals surface area contributed by atoms with E-state index < -0.39 is 0 Å². The van der Waals surface area contributed by atoms with Gasteiger partial charge in [-0.3, -0.25) is 4.90 Å². The molecule has 0 spiro atoms. The highest BCUT2D eigenvalue weighted by Gasteiger charge is 2.28. The van der Waals surface area contributed by atoms with Crippen LogP contribution in [0.3, 0.4) is 0 Å². The van der Waals surface area contributed by atoms with Crippen LogP contribution in [0, 0.1) is 5.92 Å². The number of piperazine rings is 1. The topological polar surface area (TPSA) is 15.3 Å². The van der Waals surface area contributed by atoms with Gasteiger partial charge in [-0.25, -0.2) is 0 Å². The van der Waals surface area contributed by atoms with Gasteiger partial charge in [0, 0.05) is 31.2 Å². The molecule has 1 fully saturated rings. The quantitative estimate of drug-likeness (QED) is 0.698. The van der Waals surface area contributed by atoms with Crippen molar-refractivity contribution in [2.24, 2.45) is 5.92 Å². The van der Waals surface area contributed by atoms with Gasteiger partial charge in [0.05, 0.1) is 0 Å². The van der Waals surface area contributed by atoms with Gasteiger partial charge in [0.15, 0.2) is 0 Å². The predicted molar refractivity (Wildman–Crippen MR) is 81.0 cm³/mol. The molecular formula is C16H34N2. The van der Waals surface area contributed by atoms with Crippen LogP contribution in [-0.4, -0.2) is 36.1 Å². The molecule has 18 heavy (non-hydrogen) atoms. The average Bonchev–Trinajstić information content (AvgIpc) is 2.31. The van der Waals surface area contributed by atoms with Gasteiger partial charge in [-0.05, 0) is 32.6 Å². The molecule has 1 saturated heterocycles. The Balaban J connectivity index is 2.40. The summed E-state index contributed by atoms with van der Waals surface area (Å²) in [5.74, 6) is 0.799. The van der Waals surface area contributed by atoms with Gasteiger partial charge in [-0.15, -0.1) is 0 Å². The molecule has 108 valence electrons. The van der Waals surface area contributed by atoms with Crippen LogP contribution in [0.1, 0.15) is 66.7 Å². The molecule has 1 rings (SSSR count). The second-order valence-corrected chi connectivity index (χ2v) is 6.63. The van der Waals surface area contributed by atoms with E-state index in [0.29, 0.717) is 12.1 Å². The zero-order valence-corrected chi connectivity index (χ0v) is 13.2. The molecule has 0 saturated carbocycles. The first-order valence-electron chi connectivity index (χ1n) is 8.03. The Morgan fingerprint density at radius 1 is 1.22 bits per heavy atom. The summed E-state index contributed by atoms with van der Waals surface area (Å²) in [7, 11) is 0. The lowest BCUT2D eigenvalue weighted by molar-refractivity contribution is 0.0870. The van der Waals surface area contributed by atoms with Crippen LogP contribution < -0.4 is 5.32 Å². The van der Waals surface area contributed by atoms with E-state index in [2.05, 4.69) is 44.8 Å². The van der Waals surface area contributed by atoms with Crippen LogP contribution in [0.25, 0.3) is 0 Å². The van der Waals surface area contributed by atoms with Gasteiger partial charge < -0.3 is 5.32 Å². The summed E-state index contributed by atoms with van der Waals surface area (Å²) >= 11 is 0. The Morgan fingerprint density at radius 3 is 2.56 bits per heavy atom.